The van der Waals surface area contributed by atoms with E-state index in [9.17, 15) is 4.39 Å². The fourth-order valence-electron chi connectivity index (χ4n) is 1.45. The second kappa shape index (κ2) is 6.63. The summed E-state index contributed by atoms with van der Waals surface area (Å²) in [6.07, 6.45) is 3.34. The molecular weight excluding hydrogens is 281 g/mol. The fraction of sp³-hybridized carbons (Fsp3) is 0.286. The molecule has 0 amide bonds. The van der Waals surface area contributed by atoms with E-state index in [0.717, 1.165) is 5.56 Å². The molecule has 0 spiro atoms. The Kier molecular flexibility index (Phi) is 4.87. The molecule has 0 unspecified atom stereocenters. The molecule has 0 bridgehead atoms. The molecule has 0 radical (unpaired) electrons. The Morgan fingerprint density at radius 1 is 1.30 bits per heavy atom. The van der Waals surface area contributed by atoms with Gasteiger partial charge in [-0.1, -0.05) is 25.4 Å². The van der Waals surface area contributed by atoms with Gasteiger partial charge in [0.2, 0.25) is 0 Å². The van der Waals surface area contributed by atoms with E-state index in [4.69, 9.17) is 16.3 Å². The lowest BCUT2D eigenvalue weighted by Gasteiger charge is -2.08. The Balaban J connectivity index is 2.01. The average Bonchev–Trinajstić information content (AvgIpc) is 2.42. The van der Waals surface area contributed by atoms with Crippen LogP contribution in [0.3, 0.4) is 0 Å². The predicted molar refractivity (Wildman–Crippen MR) is 75.5 cm³/mol. The first kappa shape index (κ1) is 14.7. The van der Waals surface area contributed by atoms with Crippen LogP contribution in [0.5, 0.6) is 11.8 Å². The van der Waals surface area contributed by atoms with Gasteiger partial charge in [-0.05, 0) is 12.1 Å². The highest BCUT2D eigenvalue weighted by atomic mass is 35.5. The number of nitrogens with zero attached hydrogens (tertiary/aromatic N) is 2. The van der Waals surface area contributed by atoms with Crippen LogP contribution >= 0.6 is 11.6 Å². The molecule has 2 aromatic rings. The van der Waals surface area contributed by atoms with E-state index in [2.05, 4.69) is 29.1 Å². The number of ether oxygens (including phenoxy) is 1. The second-order valence-electron chi connectivity index (χ2n) is 4.59. The predicted octanol–water partition coefficient (Wildman–Crippen LogP) is 3.56. The van der Waals surface area contributed by atoms with Gasteiger partial charge >= 0.3 is 6.01 Å². The van der Waals surface area contributed by atoms with Crippen LogP contribution in [0.1, 0.15) is 19.4 Å². The Labute approximate surface area is 122 Å². The molecular formula is C14H15ClFN3O. The van der Waals surface area contributed by atoms with Crippen molar-refractivity contribution in [3.8, 4) is 11.8 Å². The number of aromatic nitrogens is 2. The molecule has 0 fully saturated rings. The standard InChI is InChI=1S/C14H15ClFN3O/c1-9(2)17-6-10-7-18-14(19-8-10)20-11-3-4-12(15)13(16)5-11/h3-5,7-9,17H,6H2,1-2H3. The van der Waals surface area contributed by atoms with E-state index in [1.54, 1.807) is 18.5 Å². The van der Waals surface area contributed by atoms with Crippen LogP contribution in [-0.4, -0.2) is 16.0 Å². The van der Waals surface area contributed by atoms with Crippen molar-refractivity contribution in [1.82, 2.24) is 15.3 Å². The van der Waals surface area contributed by atoms with E-state index in [-0.39, 0.29) is 11.0 Å². The first-order chi connectivity index (χ1) is 9.54. The number of nitrogens with one attached hydrogen (secondary N) is 1. The lowest BCUT2D eigenvalue weighted by Crippen LogP contribution is -2.21. The van der Waals surface area contributed by atoms with Crippen molar-refractivity contribution < 1.29 is 9.13 Å². The molecule has 0 saturated carbocycles. The van der Waals surface area contributed by atoms with Crippen molar-refractivity contribution in [3.05, 3.63) is 47.0 Å². The topological polar surface area (TPSA) is 47.0 Å². The minimum atomic E-state index is -0.540. The van der Waals surface area contributed by atoms with E-state index >= 15 is 0 Å². The van der Waals surface area contributed by atoms with E-state index in [1.165, 1.54) is 12.1 Å². The summed E-state index contributed by atoms with van der Waals surface area (Å²) >= 11 is 5.60. The zero-order valence-electron chi connectivity index (χ0n) is 11.2. The number of benzene rings is 1. The zero-order chi connectivity index (χ0) is 14.5. The molecule has 2 rings (SSSR count). The molecule has 0 atom stereocenters. The van der Waals surface area contributed by atoms with Gasteiger partial charge in [-0.15, -0.1) is 0 Å². The number of rotatable bonds is 5. The number of halogens is 2. The first-order valence-corrected chi connectivity index (χ1v) is 6.59. The number of hydrogen-bond acceptors (Lipinski definition) is 4. The summed E-state index contributed by atoms with van der Waals surface area (Å²) in [4.78, 5) is 8.15. The molecule has 106 valence electrons. The van der Waals surface area contributed by atoms with Crippen LogP contribution in [0.25, 0.3) is 0 Å². The maximum atomic E-state index is 13.3. The van der Waals surface area contributed by atoms with E-state index in [0.29, 0.717) is 18.3 Å². The van der Waals surface area contributed by atoms with Gasteiger partial charge in [0.15, 0.2) is 0 Å². The third kappa shape index (κ3) is 4.15. The van der Waals surface area contributed by atoms with Gasteiger partial charge in [-0.3, -0.25) is 0 Å². The van der Waals surface area contributed by atoms with Crippen molar-refractivity contribution in [3.63, 3.8) is 0 Å². The van der Waals surface area contributed by atoms with Crippen LogP contribution in [0.4, 0.5) is 4.39 Å². The molecule has 1 heterocycles. The Morgan fingerprint density at radius 3 is 2.60 bits per heavy atom. The minimum Gasteiger partial charge on any atom is -0.424 e. The molecule has 0 saturated heterocycles. The fourth-order valence-corrected chi connectivity index (χ4v) is 1.57. The van der Waals surface area contributed by atoms with Crippen LogP contribution in [0.2, 0.25) is 5.02 Å². The van der Waals surface area contributed by atoms with Crippen LogP contribution in [0, 0.1) is 5.82 Å². The van der Waals surface area contributed by atoms with Gasteiger partial charge in [0.05, 0.1) is 5.02 Å². The summed E-state index contributed by atoms with van der Waals surface area (Å²) in [6.45, 7) is 4.81. The lowest BCUT2D eigenvalue weighted by atomic mass is 10.3. The van der Waals surface area contributed by atoms with Crippen molar-refractivity contribution in [2.45, 2.75) is 26.4 Å². The Bertz CT molecular complexity index is 575. The molecule has 1 aromatic carbocycles. The summed E-state index contributed by atoms with van der Waals surface area (Å²) < 4.78 is 18.6. The highest BCUT2D eigenvalue weighted by Gasteiger charge is 2.05. The Morgan fingerprint density at radius 2 is 2.00 bits per heavy atom. The van der Waals surface area contributed by atoms with Gasteiger partial charge in [-0.25, -0.2) is 14.4 Å². The van der Waals surface area contributed by atoms with Crippen LogP contribution in [0.15, 0.2) is 30.6 Å². The zero-order valence-corrected chi connectivity index (χ0v) is 12.0. The Hall–Kier alpha value is -1.72. The number of hydrogen-bond donors (Lipinski definition) is 1. The van der Waals surface area contributed by atoms with Crippen molar-refractivity contribution >= 4 is 11.6 Å². The highest BCUT2D eigenvalue weighted by molar-refractivity contribution is 6.30. The average molecular weight is 296 g/mol. The van der Waals surface area contributed by atoms with Crippen LogP contribution < -0.4 is 10.1 Å². The van der Waals surface area contributed by atoms with Crippen molar-refractivity contribution in [1.29, 1.82) is 0 Å². The minimum absolute atomic E-state index is 0.0494. The van der Waals surface area contributed by atoms with E-state index in [1.807, 2.05) is 0 Å². The molecule has 20 heavy (non-hydrogen) atoms. The highest BCUT2D eigenvalue weighted by Crippen LogP contribution is 2.23. The van der Waals surface area contributed by atoms with Gasteiger partial charge in [0.1, 0.15) is 11.6 Å². The summed E-state index contributed by atoms with van der Waals surface area (Å²) in [5.41, 5.74) is 0.952. The van der Waals surface area contributed by atoms with Gasteiger partial charge in [0.25, 0.3) is 0 Å². The van der Waals surface area contributed by atoms with E-state index < -0.39 is 5.82 Å². The maximum Gasteiger partial charge on any atom is 0.321 e. The third-order valence-electron chi connectivity index (χ3n) is 2.50. The monoisotopic (exact) mass is 295 g/mol. The third-order valence-corrected chi connectivity index (χ3v) is 2.80. The normalized spacial score (nSPS) is 10.8. The van der Waals surface area contributed by atoms with Crippen molar-refractivity contribution in [2.75, 3.05) is 0 Å². The second-order valence-corrected chi connectivity index (χ2v) is 4.99. The van der Waals surface area contributed by atoms with Gasteiger partial charge in [-0.2, -0.15) is 0 Å². The molecule has 1 aromatic heterocycles. The van der Waals surface area contributed by atoms with Crippen molar-refractivity contribution in [2.24, 2.45) is 0 Å². The molecule has 4 nitrogen and oxygen atoms in total. The first-order valence-electron chi connectivity index (χ1n) is 6.22. The maximum absolute atomic E-state index is 13.3. The largest absolute Gasteiger partial charge is 0.424 e. The quantitative estimate of drug-likeness (QED) is 0.916. The molecule has 0 aliphatic heterocycles. The summed E-state index contributed by atoms with van der Waals surface area (Å²) in [5, 5.41) is 3.31. The lowest BCUT2D eigenvalue weighted by molar-refractivity contribution is 0.436. The molecule has 1 N–H and O–H groups in total. The summed E-state index contributed by atoms with van der Waals surface area (Å²) in [5.74, 6) is -0.234. The summed E-state index contributed by atoms with van der Waals surface area (Å²) in [6, 6.07) is 4.73. The SMILES string of the molecule is CC(C)NCc1cnc(Oc2ccc(Cl)c(F)c2)nc1. The smallest absolute Gasteiger partial charge is 0.321 e. The van der Waals surface area contributed by atoms with Gasteiger partial charge in [0, 0.05) is 36.6 Å². The van der Waals surface area contributed by atoms with Gasteiger partial charge < -0.3 is 10.1 Å². The molecule has 6 heteroatoms. The molecule has 0 aliphatic rings. The van der Waals surface area contributed by atoms with Crippen LogP contribution in [-0.2, 0) is 6.54 Å². The summed E-state index contributed by atoms with van der Waals surface area (Å²) in [7, 11) is 0. The molecule has 0 aliphatic carbocycles.